The van der Waals surface area contributed by atoms with Crippen LogP contribution >= 0.6 is 0 Å². The van der Waals surface area contributed by atoms with E-state index in [1.165, 1.54) is 10.7 Å². The Hall–Kier alpha value is -3.33. The van der Waals surface area contributed by atoms with Crippen LogP contribution in [0.25, 0.3) is 11.3 Å². The molecule has 3 aromatic rings. The van der Waals surface area contributed by atoms with Gasteiger partial charge in [-0.2, -0.15) is 5.10 Å². The molecular formula is C21H21N5O4. The van der Waals surface area contributed by atoms with E-state index in [-0.39, 0.29) is 23.8 Å². The summed E-state index contributed by atoms with van der Waals surface area (Å²) < 4.78 is 12.3. The number of hydrogen-bond donors (Lipinski definition) is 1. The molecule has 9 heteroatoms. The van der Waals surface area contributed by atoms with Gasteiger partial charge in [0, 0.05) is 29.6 Å². The zero-order valence-corrected chi connectivity index (χ0v) is 16.3. The Morgan fingerprint density at radius 3 is 2.80 bits per heavy atom. The van der Waals surface area contributed by atoms with Gasteiger partial charge in [-0.25, -0.2) is 4.68 Å². The number of pyridine rings is 1. The van der Waals surface area contributed by atoms with Crippen LogP contribution in [0.4, 0.5) is 0 Å². The fourth-order valence-electron chi connectivity index (χ4n) is 4.06. The molecule has 2 aliphatic rings. The highest BCUT2D eigenvalue weighted by atomic mass is 16.5. The highest BCUT2D eigenvalue weighted by Gasteiger charge is 2.35. The predicted octanol–water partition coefficient (Wildman–Crippen LogP) is 1.54. The summed E-state index contributed by atoms with van der Waals surface area (Å²) in [5.74, 6) is -0.0642. The monoisotopic (exact) mass is 407 g/mol. The number of carbonyl (C=O) groups excluding carboxylic acids is 1. The van der Waals surface area contributed by atoms with Gasteiger partial charge in [0.1, 0.15) is 6.04 Å². The van der Waals surface area contributed by atoms with Gasteiger partial charge in [-0.05, 0) is 43.9 Å². The summed E-state index contributed by atoms with van der Waals surface area (Å²) in [6.07, 6.45) is 7.05. The van der Waals surface area contributed by atoms with E-state index in [4.69, 9.17) is 9.26 Å². The predicted molar refractivity (Wildman–Crippen MR) is 106 cm³/mol. The summed E-state index contributed by atoms with van der Waals surface area (Å²) >= 11 is 0. The molecule has 1 fully saturated rings. The molecule has 4 heterocycles. The van der Waals surface area contributed by atoms with Crippen molar-refractivity contribution in [2.24, 2.45) is 0 Å². The summed E-state index contributed by atoms with van der Waals surface area (Å²) in [6, 6.07) is 6.00. The first kappa shape index (κ1) is 18.7. The van der Waals surface area contributed by atoms with Crippen LogP contribution in [0, 0.1) is 0 Å². The minimum absolute atomic E-state index is 0.250. The van der Waals surface area contributed by atoms with Gasteiger partial charge in [0.2, 0.25) is 5.76 Å². The van der Waals surface area contributed by atoms with Gasteiger partial charge in [0.15, 0.2) is 0 Å². The molecule has 5 rings (SSSR count). The van der Waals surface area contributed by atoms with Crippen LogP contribution in [0.1, 0.15) is 40.7 Å². The third-order valence-electron chi connectivity index (χ3n) is 5.65. The van der Waals surface area contributed by atoms with Crippen molar-refractivity contribution in [1.82, 2.24) is 25.2 Å². The van der Waals surface area contributed by atoms with Crippen molar-refractivity contribution in [3.05, 3.63) is 64.0 Å². The van der Waals surface area contributed by atoms with Crippen LogP contribution in [0.3, 0.4) is 0 Å². The number of fused-ring (bicyclic) bond motifs is 1. The first-order valence-electron chi connectivity index (χ1n) is 10.1. The minimum Gasteiger partial charge on any atom is -0.377 e. The van der Waals surface area contributed by atoms with Crippen LogP contribution in [-0.4, -0.2) is 45.1 Å². The van der Waals surface area contributed by atoms with Crippen LogP contribution in [0.5, 0.6) is 0 Å². The van der Waals surface area contributed by atoms with Crippen molar-refractivity contribution >= 4 is 5.91 Å². The number of rotatable bonds is 4. The van der Waals surface area contributed by atoms with Gasteiger partial charge in [-0.1, -0.05) is 5.16 Å². The zero-order chi connectivity index (χ0) is 20.5. The number of hydrogen-bond acceptors (Lipinski definition) is 7. The normalized spacial score (nSPS) is 20.7. The van der Waals surface area contributed by atoms with Crippen molar-refractivity contribution in [3.8, 4) is 11.3 Å². The van der Waals surface area contributed by atoms with E-state index in [0.717, 1.165) is 42.5 Å². The van der Waals surface area contributed by atoms with E-state index >= 15 is 0 Å². The molecular weight excluding hydrogens is 386 g/mol. The van der Waals surface area contributed by atoms with E-state index in [1.54, 1.807) is 18.5 Å². The summed E-state index contributed by atoms with van der Waals surface area (Å²) in [7, 11) is 0. The molecule has 0 saturated carbocycles. The molecule has 1 saturated heterocycles. The van der Waals surface area contributed by atoms with Gasteiger partial charge in [-0.3, -0.25) is 14.6 Å². The van der Waals surface area contributed by atoms with Gasteiger partial charge >= 0.3 is 0 Å². The van der Waals surface area contributed by atoms with Gasteiger partial charge in [0.25, 0.3) is 11.5 Å². The SMILES string of the molecule is O=C(NC1COCC1n1nc(-c2ccncc2)ccc1=O)c1onc2c1CCCC2. The second kappa shape index (κ2) is 7.83. The second-order valence-corrected chi connectivity index (χ2v) is 7.57. The van der Waals surface area contributed by atoms with Gasteiger partial charge in [0.05, 0.1) is 30.6 Å². The standard InChI is InChI=1S/C21H21N5O4/c27-19-6-5-15(13-7-9-22-10-8-13)24-26(19)18-12-29-11-17(18)23-21(28)20-14-3-1-2-4-16(14)25-30-20/h5-10,17-18H,1-4,11-12H2,(H,23,28). The minimum atomic E-state index is -0.415. The van der Waals surface area contributed by atoms with Crippen molar-refractivity contribution in [2.75, 3.05) is 13.2 Å². The quantitative estimate of drug-likeness (QED) is 0.698. The third kappa shape index (κ3) is 3.41. The number of nitrogens with zero attached hydrogens (tertiary/aromatic N) is 4. The lowest BCUT2D eigenvalue weighted by atomic mass is 9.96. The molecule has 9 nitrogen and oxygen atoms in total. The Kier molecular flexibility index (Phi) is 4.88. The molecule has 0 aromatic carbocycles. The van der Waals surface area contributed by atoms with E-state index in [9.17, 15) is 9.59 Å². The van der Waals surface area contributed by atoms with Crippen molar-refractivity contribution in [2.45, 2.75) is 37.8 Å². The fourth-order valence-corrected chi connectivity index (χ4v) is 4.06. The molecule has 0 bridgehead atoms. The molecule has 2 unspecified atom stereocenters. The average molecular weight is 407 g/mol. The van der Waals surface area contributed by atoms with Crippen LogP contribution in [0.15, 0.2) is 46.0 Å². The Labute approximate surface area is 172 Å². The van der Waals surface area contributed by atoms with Gasteiger partial charge < -0.3 is 14.6 Å². The average Bonchev–Trinajstić information content (AvgIpc) is 3.42. The highest BCUT2D eigenvalue weighted by molar-refractivity contribution is 5.93. The van der Waals surface area contributed by atoms with Crippen molar-refractivity contribution in [1.29, 1.82) is 0 Å². The second-order valence-electron chi connectivity index (χ2n) is 7.57. The molecule has 30 heavy (non-hydrogen) atoms. The molecule has 154 valence electrons. The lowest BCUT2D eigenvalue weighted by Gasteiger charge is -2.20. The highest BCUT2D eigenvalue weighted by Crippen LogP contribution is 2.25. The maximum atomic E-state index is 12.9. The molecule has 1 aliphatic heterocycles. The number of amides is 1. The topological polar surface area (TPSA) is 112 Å². The van der Waals surface area contributed by atoms with E-state index in [2.05, 4.69) is 20.6 Å². The van der Waals surface area contributed by atoms with Crippen LogP contribution in [0.2, 0.25) is 0 Å². The smallest absolute Gasteiger partial charge is 0.290 e. The Morgan fingerprint density at radius 2 is 1.93 bits per heavy atom. The molecule has 1 aliphatic carbocycles. The third-order valence-corrected chi connectivity index (χ3v) is 5.65. The van der Waals surface area contributed by atoms with E-state index in [1.807, 2.05) is 12.1 Å². The van der Waals surface area contributed by atoms with Gasteiger partial charge in [-0.15, -0.1) is 0 Å². The Bertz CT molecular complexity index is 1120. The van der Waals surface area contributed by atoms with E-state index < -0.39 is 12.1 Å². The van der Waals surface area contributed by atoms with Crippen molar-refractivity contribution in [3.63, 3.8) is 0 Å². The largest absolute Gasteiger partial charge is 0.377 e. The first-order chi connectivity index (χ1) is 14.7. The summed E-state index contributed by atoms with van der Waals surface area (Å²) in [6.45, 7) is 0.576. The van der Waals surface area contributed by atoms with Crippen LogP contribution in [-0.2, 0) is 17.6 Å². The Balaban J connectivity index is 1.40. The molecule has 1 N–H and O–H groups in total. The summed E-state index contributed by atoms with van der Waals surface area (Å²) in [5.41, 5.74) is 3.02. The number of ether oxygens (including phenoxy) is 1. The lowest BCUT2D eigenvalue weighted by molar-refractivity contribution is 0.0886. The maximum absolute atomic E-state index is 12.9. The number of aryl methyl sites for hydroxylation is 1. The lowest BCUT2D eigenvalue weighted by Crippen LogP contribution is -2.44. The molecule has 1 amide bonds. The molecule has 2 atom stereocenters. The number of aromatic nitrogens is 4. The summed E-state index contributed by atoms with van der Waals surface area (Å²) in [4.78, 5) is 29.4. The maximum Gasteiger partial charge on any atom is 0.290 e. The number of carbonyl (C=O) groups is 1. The fraction of sp³-hybridized carbons (Fsp3) is 0.381. The van der Waals surface area contributed by atoms with Crippen LogP contribution < -0.4 is 10.9 Å². The zero-order valence-electron chi connectivity index (χ0n) is 16.3. The van der Waals surface area contributed by atoms with E-state index in [0.29, 0.717) is 12.3 Å². The number of nitrogens with one attached hydrogen (secondary N) is 1. The Morgan fingerprint density at radius 1 is 1.10 bits per heavy atom. The first-order valence-corrected chi connectivity index (χ1v) is 10.1. The van der Waals surface area contributed by atoms with Crippen molar-refractivity contribution < 1.29 is 14.1 Å². The molecule has 0 spiro atoms. The molecule has 0 radical (unpaired) electrons. The molecule has 3 aromatic heterocycles. The summed E-state index contributed by atoms with van der Waals surface area (Å²) in [5, 5.41) is 11.5.